The Morgan fingerprint density at radius 1 is 1.00 bits per heavy atom. The molecular formula is C30H27NO7. The molecule has 1 aromatic heterocycles. The van der Waals surface area contributed by atoms with Crippen LogP contribution in [0.5, 0.6) is 5.75 Å². The second kappa shape index (κ2) is 9.06. The first-order chi connectivity index (χ1) is 18.3. The summed E-state index contributed by atoms with van der Waals surface area (Å²) < 4.78 is 5.87. The van der Waals surface area contributed by atoms with E-state index in [4.69, 9.17) is 4.42 Å². The Balaban J connectivity index is 1.36. The van der Waals surface area contributed by atoms with Crippen LogP contribution < -0.4 is 0 Å². The standard InChI is InChI=1S/C30H27NO7/c1-15-12-23(34)26-22(28(15)35)13-21-19(27(26)24-9-6-18(14-32)38-24)7-8-20-25(21)30(37)31(29(20)36)11-10-16-2-4-17(33)5-3-16/h2-7,9,12,20-21,25,27,32-33H,8,10-11,13-14H2,1H3. The molecule has 8 nitrogen and oxygen atoms in total. The summed E-state index contributed by atoms with van der Waals surface area (Å²) in [5.74, 6) is -2.24. The number of fused-ring (bicyclic) bond motifs is 3. The number of rotatable bonds is 5. The van der Waals surface area contributed by atoms with E-state index >= 15 is 0 Å². The van der Waals surface area contributed by atoms with Gasteiger partial charge in [0.25, 0.3) is 0 Å². The molecule has 3 aliphatic carbocycles. The molecule has 0 spiro atoms. The second-order valence-electron chi connectivity index (χ2n) is 10.4. The summed E-state index contributed by atoms with van der Waals surface area (Å²) in [5, 5.41) is 19.1. The Kier molecular flexibility index (Phi) is 5.79. The Bertz CT molecular complexity index is 1470. The molecule has 2 N–H and O–H groups in total. The van der Waals surface area contributed by atoms with Gasteiger partial charge in [-0.25, -0.2) is 0 Å². The van der Waals surface area contributed by atoms with Gasteiger partial charge in [0.15, 0.2) is 11.6 Å². The molecule has 194 valence electrons. The fourth-order valence-corrected chi connectivity index (χ4v) is 6.53. The number of ketones is 2. The monoisotopic (exact) mass is 513 g/mol. The fourth-order valence-electron chi connectivity index (χ4n) is 6.53. The highest BCUT2D eigenvalue weighted by molar-refractivity contribution is 6.23. The van der Waals surface area contributed by atoms with Gasteiger partial charge in [-0.1, -0.05) is 23.8 Å². The normalized spacial score (nSPS) is 26.7. The highest BCUT2D eigenvalue weighted by atomic mass is 16.4. The first-order valence-electron chi connectivity index (χ1n) is 12.8. The number of allylic oxidation sites excluding steroid dienone is 6. The molecule has 0 bridgehead atoms. The lowest BCUT2D eigenvalue weighted by Crippen LogP contribution is -2.39. The molecule has 4 unspecified atom stereocenters. The first-order valence-corrected chi connectivity index (χ1v) is 12.8. The number of furan rings is 1. The number of hydrogen-bond acceptors (Lipinski definition) is 7. The van der Waals surface area contributed by atoms with Gasteiger partial charge in [-0.15, -0.1) is 0 Å². The minimum absolute atomic E-state index is 0.149. The number of aromatic hydroxyl groups is 1. The van der Waals surface area contributed by atoms with Gasteiger partial charge in [0.2, 0.25) is 11.8 Å². The number of phenolic OH excluding ortho intramolecular Hbond substituents is 1. The van der Waals surface area contributed by atoms with Crippen molar-refractivity contribution in [3.8, 4) is 5.75 Å². The molecule has 1 saturated heterocycles. The van der Waals surface area contributed by atoms with E-state index in [-0.39, 0.29) is 48.7 Å². The van der Waals surface area contributed by atoms with Gasteiger partial charge < -0.3 is 14.6 Å². The lowest BCUT2D eigenvalue weighted by atomic mass is 9.60. The van der Waals surface area contributed by atoms with E-state index in [9.17, 15) is 29.4 Å². The summed E-state index contributed by atoms with van der Waals surface area (Å²) in [6.45, 7) is 1.53. The van der Waals surface area contributed by atoms with Gasteiger partial charge in [-0.05, 0) is 68.0 Å². The van der Waals surface area contributed by atoms with E-state index < -0.39 is 23.7 Å². The Hall–Kier alpha value is -4.04. The predicted octanol–water partition coefficient (Wildman–Crippen LogP) is 3.15. The number of aliphatic hydroxyl groups is 1. The molecule has 2 aromatic rings. The Labute approximate surface area is 218 Å². The van der Waals surface area contributed by atoms with Gasteiger partial charge in [0.1, 0.15) is 23.9 Å². The van der Waals surface area contributed by atoms with Crippen LogP contribution in [0.2, 0.25) is 0 Å². The maximum Gasteiger partial charge on any atom is 0.233 e. The van der Waals surface area contributed by atoms with Crippen molar-refractivity contribution in [2.45, 2.75) is 38.7 Å². The summed E-state index contributed by atoms with van der Waals surface area (Å²) in [6, 6.07) is 10.0. The summed E-state index contributed by atoms with van der Waals surface area (Å²) in [4.78, 5) is 54.9. The molecule has 0 saturated carbocycles. The molecule has 2 heterocycles. The van der Waals surface area contributed by atoms with Crippen molar-refractivity contribution in [3.05, 3.63) is 87.9 Å². The van der Waals surface area contributed by atoms with Crippen LogP contribution in [0.25, 0.3) is 0 Å². The smallest absolute Gasteiger partial charge is 0.233 e. The summed E-state index contributed by atoms with van der Waals surface area (Å²) in [5.41, 5.74) is 2.82. The molecule has 38 heavy (non-hydrogen) atoms. The average Bonchev–Trinajstić information content (AvgIpc) is 3.48. The van der Waals surface area contributed by atoms with Gasteiger partial charge in [-0.3, -0.25) is 24.1 Å². The number of likely N-dealkylation sites (tertiary alicyclic amines) is 1. The third-order valence-electron chi connectivity index (χ3n) is 8.34. The maximum atomic E-state index is 13.7. The minimum atomic E-state index is -0.653. The molecule has 2 amide bonds. The third kappa shape index (κ3) is 3.70. The molecule has 8 heteroatoms. The molecular weight excluding hydrogens is 486 g/mol. The van der Waals surface area contributed by atoms with E-state index in [1.165, 1.54) is 11.0 Å². The number of Topliss-reactive ketones (excluding diaryl/α,β-unsaturated/α-hetero) is 1. The molecule has 6 rings (SSSR count). The van der Waals surface area contributed by atoms with Crippen LogP contribution in [0.4, 0.5) is 0 Å². The quantitative estimate of drug-likeness (QED) is 0.357. The molecule has 1 aromatic carbocycles. The largest absolute Gasteiger partial charge is 0.508 e. The van der Waals surface area contributed by atoms with Gasteiger partial charge in [-0.2, -0.15) is 0 Å². The summed E-state index contributed by atoms with van der Waals surface area (Å²) >= 11 is 0. The van der Waals surface area contributed by atoms with E-state index in [1.807, 2.05) is 6.08 Å². The second-order valence-corrected chi connectivity index (χ2v) is 10.4. The number of hydrogen-bond donors (Lipinski definition) is 2. The highest BCUT2D eigenvalue weighted by Gasteiger charge is 2.56. The van der Waals surface area contributed by atoms with Crippen molar-refractivity contribution in [2.24, 2.45) is 17.8 Å². The number of benzene rings is 1. The minimum Gasteiger partial charge on any atom is -0.508 e. The van der Waals surface area contributed by atoms with Crippen LogP contribution in [0.1, 0.15) is 42.8 Å². The third-order valence-corrected chi connectivity index (χ3v) is 8.34. The van der Waals surface area contributed by atoms with Crippen molar-refractivity contribution < 1.29 is 33.8 Å². The van der Waals surface area contributed by atoms with Crippen molar-refractivity contribution in [1.82, 2.24) is 4.90 Å². The lowest BCUT2D eigenvalue weighted by molar-refractivity contribution is -0.140. The predicted molar refractivity (Wildman–Crippen MR) is 134 cm³/mol. The number of phenols is 1. The van der Waals surface area contributed by atoms with Crippen molar-refractivity contribution in [1.29, 1.82) is 0 Å². The number of aliphatic hydroxyl groups excluding tert-OH is 1. The molecule has 1 aliphatic heterocycles. The zero-order valence-electron chi connectivity index (χ0n) is 20.8. The lowest BCUT2D eigenvalue weighted by Gasteiger charge is -2.41. The number of carbonyl (C=O) groups excluding carboxylic acids is 4. The van der Waals surface area contributed by atoms with E-state index in [0.717, 1.165) is 11.1 Å². The number of imide groups is 1. The number of nitrogens with zero attached hydrogens (tertiary/aromatic N) is 1. The van der Waals surface area contributed by atoms with Crippen molar-refractivity contribution in [2.75, 3.05) is 6.54 Å². The zero-order valence-corrected chi connectivity index (χ0v) is 20.8. The van der Waals surface area contributed by atoms with Crippen LogP contribution in [-0.2, 0) is 32.2 Å². The van der Waals surface area contributed by atoms with Crippen LogP contribution in [0.3, 0.4) is 0 Å². The van der Waals surface area contributed by atoms with Gasteiger partial charge in [0, 0.05) is 23.3 Å². The highest BCUT2D eigenvalue weighted by Crippen LogP contribution is 2.55. The molecule has 0 radical (unpaired) electrons. The summed E-state index contributed by atoms with van der Waals surface area (Å²) in [7, 11) is 0. The molecule has 4 atom stereocenters. The maximum absolute atomic E-state index is 13.7. The topological polar surface area (TPSA) is 125 Å². The Morgan fingerprint density at radius 3 is 2.47 bits per heavy atom. The molecule has 4 aliphatic rings. The average molecular weight is 514 g/mol. The Morgan fingerprint density at radius 2 is 1.76 bits per heavy atom. The molecule has 1 fully saturated rings. The van der Waals surface area contributed by atoms with Crippen LogP contribution in [-0.4, -0.2) is 45.0 Å². The van der Waals surface area contributed by atoms with Crippen LogP contribution in [0.15, 0.2) is 75.3 Å². The van der Waals surface area contributed by atoms with Crippen LogP contribution in [0, 0.1) is 17.8 Å². The van der Waals surface area contributed by atoms with E-state index in [0.29, 0.717) is 41.1 Å². The van der Waals surface area contributed by atoms with Crippen LogP contribution >= 0.6 is 0 Å². The first kappa shape index (κ1) is 24.3. The van der Waals surface area contributed by atoms with E-state index in [2.05, 4.69) is 0 Å². The van der Waals surface area contributed by atoms with E-state index in [1.54, 1.807) is 43.3 Å². The SMILES string of the molecule is CC1=CC(=O)C2=C(CC3C(=CCC4C(=O)N(CCc5ccc(O)cc5)C(=O)C43)C2c2ccc(CO)o2)C1=O. The number of amides is 2. The fraction of sp³-hybridized carbons (Fsp3) is 0.333. The van der Waals surface area contributed by atoms with Gasteiger partial charge >= 0.3 is 0 Å². The van der Waals surface area contributed by atoms with Gasteiger partial charge in [0.05, 0.1) is 17.8 Å². The summed E-state index contributed by atoms with van der Waals surface area (Å²) in [6.07, 6.45) is 4.34. The van der Waals surface area contributed by atoms with Crippen molar-refractivity contribution in [3.63, 3.8) is 0 Å². The zero-order chi connectivity index (χ0) is 26.7. The van der Waals surface area contributed by atoms with Crippen molar-refractivity contribution >= 4 is 23.4 Å². The number of carbonyl (C=O) groups is 4.